The Balaban J connectivity index is 2.60. The third-order valence-corrected chi connectivity index (χ3v) is 3.24. The number of nitrogens with zero attached hydrogens (tertiary/aromatic N) is 1. The molecule has 0 radical (unpaired) electrons. The number of thiocarbonyl (C=S) groups is 1. The van der Waals surface area contributed by atoms with Crippen molar-refractivity contribution in [1.82, 2.24) is 10.6 Å². The Morgan fingerprint density at radius 3 is 2.55 bits per heavy atom. The quantitative estimate of drug-likeness (QED) is 0.702. The minimum Gasteiger partial charge on any atom is -0.465 e. The normalized spacial score (nSPS) is 9.90. The second-order valence-electron chi connectivity index (χ2n) is 4.24. The molecule has 3 N–H and O–H groups in total. The molecule has 0 spiro atoms. The molecule has 5 nitrogen and oxygen atoms in total. The molecule has 0 atom stereocenters. The highest BCUT2D eigenvalue weighted by molar-refractivity contribution is 7.80. The van der Waals surface area contributed by atoms with Gasteiger partial charge in [-0.3, -0.25) is 5.32 Å². The van der Waals surface area contributed by atoms with Crippen molar-refractivity contribution in [2.75, 3.05) is 24.5 Å². The maximum atomic E-state index is 10.4. The first kappa shape index (κ1) is 16.2. The largest absolute Gasteiger partial charge is 0.465 e. The number of carboxylic acid groups (broad SMARTS) is 1. The zero-order valence-corrected chi connectivity index (χ0v) is 12.7. The third kappa shape index (κ3) is 5.05. The van der Waals surface area contributed by atoms with Crippen molar-refractivity contribution in [3.8, 4) is 0 Å². The van der Waals surface area contributed by atoms with Crippen molar-refractivity contribution >= 4 is 29.1 Å². The fourth-order valence-corrected chi connectivity index (χ4v) is 2.24. The Morgan fingerprint density at radius 2 is 1.95 bits per heavy atom. The molecule has 0 aliphatic rings. The van der Waals surface area contributed by atoms with Crippen LogP contribution >= 0.6 is 12.2 Å². The zero-order valence-electron chi connectivity index (χ0n) is 11.8. The first-order valence-electron chi connectivity index (χ1n) is 6.69. The van der Waals surface area contributed by atoms with Gasteiger partial charge in [-0.1, -0.05) is 18.2 Å². The summed E-state index contributed by atoms with van der Waals surface area (Å²) < 4.78 is 0. The zero-order chi connectivity index (χ0) is 15.0. The minimum absolute atomic E-state index is 0.137. The van der Waals surface area contributed by atoms with E-state index in [1.165, 1.54) is 11.3 Å². The van der Waals surface area contributed by atoms with Gasteiger partial charge in [0, 0.05) is 25.3 Å². The SMILES string of the molecule is CCN(CC)c1ccccc1CCNC(=S)NC(=O)O. The van der Waals surface area contributed by atoms with Crippen LogP contribution in [0, 0.1) is 0 Å². The Morgan fingerprint density at radius 1 is 1.30 bits per heavy atom. The summed E-state index contributed by atoms with van der Waals surface area (Å²) in [4.78, 5) is 12.7. The topological polar surface area (TPSA) is 64.6 Å². The molecule has 0 bridgehead atoms. The van der Waals surface area contributed by atoms with Crippen LogP contribution in [-0.4, -0.2) is 35.9 Å². The molecule has 0 unspecified atom stereocenters. The van der Waals surface area contributed by atoms with Gasteiger partial charge in [0.1, 0.15) is 0 Å². The molecule has 0 fully saturated rings. The van der Waals surface area contributed by atoms with E-state index in [1.54, 1.807) is 0 Å². The molecule has 1 aromatic carbocycles. The number of benzene rings is 1. The summed E-state index contributed by atoms with van der Waals surface area (Å²) in [5.74, 6) is 0. The predicted octanol–water partition coefficient (Wildman–Crippen LogP) is 2.22. The maximum absolute atomic E-state index is 10.4. The molecule has 0 heterocycles. The van der Waals surface area contributed by atoms with Gasteiger partial charge in [0.05, 0.1) is 0 Å². The van der Waals surface area contributed by atoms with E-state index in [-0.39, 0.29) is 5.11 Å². The van der Waals surface area contributed by atoms with E-state index in [9.17, 15) is 4.79 Å². The molecule has 0 aliphatic heterocycles. The van der Waals surface area contributed by atoms with Gasteiger partial charge >= 0.3 is 6.09 Å². The number of hydrogen-bond donors (Lipinski definition) is 3. The molecule has 6 heteroatoms. The minimum atomic E-state index is -1.15. The highest BCUT2D eigenvalue weighted by atomic mass is 32.1. The monoisotopic (exact) mass is 295 g/mol. The number of hydrogen-bond acceptors (Lipinski definition) is 3. The first-order chi connectivity index (χ1) is 9.58. The number of amides is 1. The van der Waals surface area contributed by atoms with Crippen LogP contribution in [0.15, 0.2) is 24.3 Å². The molecule has 110 valence electrons. The van der Waals surface area contributed by atoms with E-state index in [0.717, 1.165) is 19.5 Å². The van der Waals surface area contributed by atoms with E-state index in [2.05, 4.69) is 41.5 Å². The van der Waals surface area contributed by atoms with Gasteiger partial charge in [-0.15, -0.1) is 0 Å². The molecular weight excluding hydrogens is 274 g/mol. The lowest BCUT2D eigenvalue weighted by atomic mass is 10.1. The number of nitrogens with one attached hydrogen (secondary N) is 2. The highest BCUT2D eigenvalue weighted by Gasteiger charge is 2.07. The summed E-state index contributed by atoms with van der Waals surface area (Å²) in [5.41, 5.74) is 2.44. The van der Waals surface area contributed by atoms with Crippen LogP contribution in [0.3, 0.4) is 0 Å². The number of anilines is 1. The summed E-state index contributed by atoms with van der Waals surface area (Å²) in [6, 6.07) is 8.23. The van der Waals surface area contributed by atoms with E-state index < -0.39 is 6.09 Å². The van der Waals surface area contributed by atoms with Crippen molar-refractivity contribution < 1.29 is 9.90 Å². The molecule has 1 amide bonds. The Labute approximate surface area is 125 Å². The van der Waals surface area contributed by atoms with Gasteiger partial charge in [-0.2, -0.15) is 0 Å². The predicted molar refractivity (Wildman–Crippen MR) is 85.5 cm³/mol. The molecule has 0 aliphatic carbocycles. The molecule has 0 saturated heterocycles. The van der Waals surface area contributed by atoms with E-state index >= 15 is 0 Å². The summed E-state index contributed by atoms with van der Waals surface area (Å²) in [5, 5.41) is 13.7. The van der Waals surface area contributed by atoms with Crippen LogP contribution in [0.25, 0.3) is 0 Å². The lowest BCUT2D eigenvalue weighted by Gasteiger charge is -2.24. The third-order valence-electron chi connectivity index (χ3n) is 3.00. The summed E-state index contributed by atoms with van der Waals surface area (Å²) in [6.07, 6.45) is -0.361. The molecule has 1 rings (SSSR count). The van der Waals surface area contributed by atoms with Gasteiger partial charge in [-0.05, 0) is 44.1 Å². The second-order valence-corrected chi connectivity index (χ2v) is 4.65. The van der Waals surface area contributed by atoms with Crippen molar-refractivity contribution in [1.29, 1.82) is 0 Å². The standard InChI is InChI=1S/C14H21N3O2S/c1-3-17(4-2)12-8-6-5-7-11(12)9-10-15-13(20)16-14(18)19/h5-8H,3-4,9-10H2,1-2H3,(H,18,19)(H2,15,16,20). The van der Waals surface area contributed by atoms with Crippen molar-refractivity contribution in [3.05, 3.63) is 29.8 Å². The van der Waals surface area contributed by atoms with Crippen LogP contribution in [0.2, 0.25) is 0 Å². The van der Waals surface area contributed by atoms with Crippen LogP contribution in [0.5, 0.6) is 0 Å². The van der Waals surface area contributed by atoms with E-state index in [1.807, 2.05) is 12.1 Å². The van der Waals surface area contributed by atoms with Crippen LogP contribution in [0.1, 0.15) is 19.4 Å². The maximum Gasteiger partial charge on any atom is 0.410 e. The van der Waals surface area contributed by atoms with Crippen molar-refractivity contribution in [3.63, 3.8) is 0 Å². The molecule has 20 heavy (non-hydrogen) atoms. The Kier molecular flexibility index (Phi) is 6.79. The van der Waals surface area contributed by atoms with Gasteiger partial charge in [0.25, 0.3) is 0 Å². The number of rotatable bonds is 6. The number of carbonyl (C=O) groups is 1. The van der Waals surface area contributed by atoms with Gasteiger partial charge in [0.15, 0.2) is 5.11 Å². The molecule has 1 aromatic rings. The van der Waals surface area contributed by atoms with E-state index in [0.29, 0.717) is 6.54 Å². The highest BCUT2D eigenvalue weighted by Crippen LogP contribution is 2.20. The fraction of sp³-hybridized carbons (Fsp3) is 0.429. The first-order valence-corrected chi connectivity index (χ1v) is 7.09. The second kappa shape index (κ2) is 8.37. The fourth-order valence-electron chi connectivity index (χ4n) is 2.05. The molecular formula is C14H21N3O2S. The Bertz CT molecular complexity index is 461. The average Bonchev–Trinajstić information content (AvgIpc) is 2.41. The van der Waals surface area contributed by atoms with Crippen LogP contribution in [-0.2, 0) is 6.42 Å². The average molecular weight is 295 g/mol. The van der Waals surface area contributed by atoms with Gasteiger partial charge in [0.2, 0.25) is 0 Å². The smallest absolute Gasteiger partial charge is 0.410 e. The van der Waals surface area contributed by atoms with Crippen molar-refractivity contribution in [2.45, 2.75) is 20.3 Å². The molecule has 0 saturated carbocycles. The Hall–Kier alpha value is -1.82. The number of para-hydroxylation sites is 1. The summed E-state index contributed by atoms with van der Waals surface area (Å²) in [6.45, 7) is 6.77. The molecule has 0 aromatic heterocycles. The van der Waals surface area contributed by atoms with Crippen LogP contribution in [0.4, 0.5) is 10.5 Å². The van der Waals surface area contributed by atoms with Crippen molar-refractivity contribution in [2.24, 2.45) is 0 Å². The lowest BCUT2D eigenvalue weighted by molar-refractivity contribution is 0.200. The van der Waals surface area contributed by atoms with E-state index in [4.69, 9.17) is 17.3 Å². The lowest BCUT2D eigenvalue weighted by Crippen LogP contribution is -2.39. The van der Waals surface area contributed by atoms with Gasteiger partial charge < -0.3 is 15.3 Å². The summed E-state index contributed by atoms with van der Waals surface area (Å²) in [7, 11) is 0. The van der Waals surface area contributed by atoms with Crippen LogP contribution < -0.4 is 15.5 Å². The van der Waals surface area contributed by atoms with Gasteiger partial charge in [-0.25, -0.2) is 4.79 Å². The summed E-state index contributed by atoms with van der Waals surface area (Å²) >= 11 is 4.86.